The Kier molecular flexibility index (Phi) is 7.34. The average molecular weight is 368 g/mol. The van der Waals surface area contributed by atoms with Crippen LogP contribution in [-0.2, 0) is 16.1 Å². The van der Waals surface area contributed by atoms with E-state index in [1.165, 1.54) is 5.56 Å². The van der Waals surface area contributed by atoms with Crippen LogP contribution in [0.25, 0.3) is 0 Å². The molecule has 2 N–H and O–H groups in total. The molecule has 0 bridgehead atoms. The highest BCUT2D eigenvalue weighted by Gasteiger charge is 2.13. The number of nitrogens with one attached hydrogen (secondary N) is 2. The molecule has 0 atom stereocenters. The molecule has 1 heterocycles. The van der Waals surface area contributed by atoms with E-state index in [9.17, 15) is 9.59 Å². The van der Waals surface area contributed by atoms with Gasteiger partial charge < -0.3 is 15.5 Å². The molecule has 2 amide bonds. The zero-order chi connectivity index (χ0) is 19.8. The lowest BCUT2D eigenvalue weighted by atomic mass is 10.0. The van der Waals surface area contributed by atoms with Gasteiger partial charge in [-0.15, -0.1) is 0 Å². The fourth-order valence-electron chi connectivity index (χ4n) is 2.66. The van der Waals surface area contributed by atoms with Crippen molar-refractivity contribution in [2.45, 2.75) is 40.2 Å². The topological polar surface area (TPSA) is 74.3 Å². The summed E-state index contributed by atoms with van der Waals surface area (Å²) in [7, 11) is 0. The summed E-state index contributed by atoms with van der Waals surface area (Å²) in [6.07, 6.45) is 1.72. The number of rotatable bonds is 7. The van der Waals surface area contributed by atoms with Gasteiger partial charge in [0, 0.05) is 31.5 Å². The van der Waals surface area contributed by atoms with E-state index in [1.54, 1.807) is 18.3 Å². The Hall–Kier alpha value is -2.89. The van der Waals surface area contributed by atoms with Gasteiger partial charge >= 0.3 is 11.8 Å². The van der Waals surface area contributed by atoms with E-state index in [0.717, 1.165) is 24.5 Å². The molecule has 2 aromatic rings. The monoisotopic (exact) mass is 368 g/mol. The van der Waals surface area contributed by atoms with Crippen LogP contribution in [0.3, 0.4) is 0 Å². The van der Waals surface area contributed by atoms with Gasteiger partial charge in [0.25, 0.3) is 0 Å². The van der Waals surface area contributed by atoms with Gasteiger partial charge in [0.2, 0.25) is 0 Å². The number of pyridine rings is 1. The van der Waals surface area contributed by atoms with E-state index < -0.39 is 11.8 Å². The highest BCUT2D eigenvalue weighted by molar-refractivity contribution is 6.39. The largest absolute Gasteiger partial charge is 0.357 e. The molecule has 0 saturated carbocycles. The first kappa shape index (κ1) is 20.4. The number of anilines is 2. The van der Waals surface area contributed by atoms with Gasteiger partial charge in [0.1, 0.15) is 5.82 Å². The van der Waals surface area contributed by atoms with Crippen LogP contribution < -0.4 is 15.5 Å². The maximum Gasteiger partial charge on any atom is 0.313 e. The minimum Gasteiger partial charge on any atom is -0.357 e. The minimum atomic E-state index is -0.681. The maximum atomic E-state index is 12.0. The van der Waals surface area contributed by atoms with E-state index in [4.69, 9.17) is 0 Å². The van der Waals surface area contributed by atoms with E-state index in [0.29, 0.717) is 11.6 Å². The Bertz CT molecular complexity index is 751. The van der Waals surface area contributed by atoms with Crippen molar-refractivity contribution in [3.8, 4) is 0 Å². The molecule has 0 aliphatic heterocycles. The molecular weight excluding hydrogens is 340 g/mol. The van der Waals surface area contributed by atoms with Crippen LogP contribution in [0.4, 0.5) is 11.5 Å². The van der Waals surface area contributed by atoms with Crippen molar-refractivity contribution in [3.63, 3.8) is 0 Å². The maximum absolute atomic E-state index is 12.0. The normalized spacial score (nSPS) is 10.6. The lowest BCUT2D eigenvalue weighted by molar-refractivity contribution is -0.136. The first-order valence-corrected chi connectivity index (χ1v) is 9.33. The Morgan fingerprint density at radius 2 is 1.67 bits per heavy atom. The van der Waals surface area contributed by atoms with Crippen molar-refractivity contribution >= 4 is 23.3 Å². The molecule has 0 aliphatic carbocycles. The summed E-state index contributed by atoms with van der Waals surface area (Å²) in [6, 6.07) is 11.3. The van der Waals surface area contributed by atoms with E-state index in [2.05, 4.69) is 48.2 Å². The van der Waals surface area contributed by atoms with Crippen LogP contribution in [0.2, 0.25) is 0 Å². The second kappa shape index (κ2) is 9.71. The Balaban J connectivity index is 1.86. The van der Waals surface area contributed by atoms with Crippen molar-refractivity contribution in [1.29, 1.82) is 0 Å². The summed E-state index contributed by atoms with van der Waals surface area (Å²) in [4.78, 5) is 30.6. The number of carbonyl (C=O) groups is 2. The highest BCUT2D eigenvalue weighted by Crippen LogP contribution is 2.17. The second-order valence-electron chi connectivity index (χ2n) is 6.61. The molecule has 0 saturated heterocycles. The molecule has 0 spiro atoms. The summed E-state index contributed by atoms with van der Waals surface area (Å²) >= 11 is 0. The molecule has 27 heavy (non-hydrogen) atoms. The number of hydrogen-bond donors (Lipinski definition) is 2. The zero-order valence-electron chi connectivity index (χ0n) is 16.5. The average Bonchev–Trinajstić information content (AvgIpc) is 2.68. The first-order chi connectivity index (χ1) is 12.9. The number of amides is 2. The molecule has 0 unspecified atom stereocenters. The van der Waals surface area contributed by atoms with Crippen LogP contribution in [0.15, 0.2) is 42.6 Å². The summed E-state index contributed by atoms with van der Waals surface area (Å²) in [5.74, 6) is -0.0341. The van der Waals surface area contributed by atoms with Crippen LogP contribution in [0.1, 0.15) is 44.7 Å². The summed E-state index contributed by atoms with van der Waals surface area (Å²) in [5.41, 5.74) is 2.62. The molecular formula is C21H28N4O2. The van der Waals surface area contributed by atoms with Gasteiger partial charge in [0.05, 0.1) is 0 Å². The summed E-state index contributed by atoms with van der Waals surface area (Å²) < 4.78 is 0. The van der Waals surface area contributed by atoms with Gasteiger partial charge in [-0.1, -0.05) is 32.0 Å². The number of carbonyl (C=O) groups excluding carboxylic acids is 2. The molecule has 6 heteroatoms. The Labute approximate surface area is 161 Å². The number of benzene rings is 1. The molecule has 144 valence electrons. The quantitative estimate of drug-likeness (QED) is 0.736. The lowest BCUT2D eigenvalue weighted by Gasteiger charge is -2.19. The molecule has 2 rings (SSSR count). The van der Waals surface area contributed by atoms with Crippen molar-refractivity contribution in [3.05, 3.63) is 53.7 Å². The van der Waals surface area contributed by atoms with Gasteiger partial charge in [0.15, 0.2) is 0 Å². The predicted molar refractivity (Wildman–Crippen MR) is 109 cm³/mol. The van der Waals surface area contributed by atoms with Crippen molar-refractivity contribution in [2.75, 3.05) is 23.3 Å². The number of aromatic nitrogens is 1. The third-order valence-corrected chi connectivity index (χ3v) is 4.39. The Morgan fingerprint density at radius 1 is 1.00 bits per heavy atom. The highest BCUT2D eigenvalue weighted by atomic mass is 16.2. The fraction of sp³-hybridized carbons (Fsp3) is 0.381. The van der Waals surface area contributed by atoms with Crippen molar-refractivity contribution in [1.82, 2.24) is 10.3 Å². The number of hydrogen-bond acceptors (Lipinski definition) is 4. The fourth-order valence-corrected chi connectivity index (χ4v) is 2.66. The summed E-state index contributed by atoms with van der Waals surface area (Å²) in [6.45, 7) is 10.4. The molecule has 0 fully saturated rings. The van der Waals surface area contributed by atoms with Crippen molar-refractivity contribution < 1.29 is 9.59 Å². The van der Waals surface area contributed by atoms with Gasteiger partial charge in [-0.25, -0.2) is 4.98 Å². The SMILES string of the molecule is CCN(CC)c1ccc(CNC(=O)C(=O)Nc2ccc(C(C)C)cc2)cn1. The van der Waals surface area contributed by atoms with Crippen LogP contribution in [0, 0.1) is 0 Å². The molecule has 0 radical (unpaired) electrons. The lowest BCUT2D eigenvalue weighted by Crippen LogP contribution is -2.35. The molecule has 1 aromatic carbocycles. The third-order valence-electron chi connectivity index (χ3n) is 4.39. The Morgan fingerprint density at radius 3 is 2.19 bits per heavy atom. The van der Waals surface area contributed by atoms with Gasteiger partial charge in [-0.2, -0.15) is 0 Å². The van der Waals surface area contributed by atoms with E-state index in [-0.39, 0.29) is 6.54 Å². The standard InChI is InChI=1S/C21H28N4O2/c1-5-25(6-2)19-12-7-16(13-22-19)14-23-20(26)21(27)24-18-10-8-17(9-11-18)15(3)4/h7-13,15H,5-6,14H2,1-4H3,(H,23,26)(H,24,27). The summed E-state index contributed by atoms with van der Waals surface area (Å²) in [5, 5.41) is 5.23. The van der Waals surface area contributed by atoms with Gasteiger partial charge in [-0.05, 0) is 49.1 Å². The third kappa shape index (κ3) is 5.81. The second-order valence-corrected chi connectivity index (χ2v) is 6.61. The minimum absolute atomic E-state index is 0.254. The van der Waals surface area contributed by atoms with Crippen molar-refractivity contribution in [2.24, 2.45) is 0 Å². The zero-order valence-corrected chi connectivity index (χ0v) is 16.5. The van der Waals surface area contributed by atoms with E-state index in [1.807, 2.05) is 24.3 Å². The predicted octanol–water partition coefficient (Wildman–Crippen LogP) is 3.31. The van der Waals surface area contributed by atoms with E-state index >= 15 is 0 Å². The smallest absolute Gasteiger partial charge is 0.313 e. The van der Waals surface area contributed by atoms with Crippen LogP contribution >= 0.6 is 0 Å². The molecule has 1 aromatic heterocycles. The van der Waals surface area contributed by atoms with Crippen LogP contribution in [-0.4, -0.2) is 29.9 Å². The molecule has 0 aliphatic rings. The van der Waals surface area contributed by atoms with Gasteiger partial charge in [-0.3, -0.25) is 9.59 Å². The van der Waals surface area contributed by atoms with Crippen LogP contribution in [0.5, 0.6) is 0 Å². The number of nitrogens with zero attached hydrogens (tertiary/aromatic N) is 2. The first-order valence-electron chi connectivity index (χ1n) is 9.33. The molecule has 6 nitrogen and oxygen atoms in total.